The molecule has 1 heterocycles. The van der Waals surface area contributed by atoms with Gasteiger partial charge < -0.3 is 45.1 Å². The molecule has 11 nitrogen and oxygen atoms in total. The number of amides is 1. The summed E-state index contributed by atoms with van der Waals surface area (Å²) in [4.78, 5) is 25.1. The van der Waals surface area contributed by atoms with Crippen molar-refractivity contribution in [3.05, 3.63) is 72.9 Å². The molecule has 1 aliphatic heterocycles. The summed E-state index contributed by atoms with van der Waals surface area (Å²) in [6.07, 6.45) is 71.7. The Labute approximate surface area is 509 Å². The first-order valence-electron chi connectivity index (χ1n) is 34.7. The van der Waals surface area contributed by atoms with E-state index < -0.39 is 49.5 Å². The van der Waals surface area contributed by atoms with Crippen molar-refractivity contribution in [3.63, 3.8) is 0 Å². The predicted molar refractivity (Wildman–Crippen MR) is 347 cm³/mol. The molecule has 83 heavy (non-hydrogen) atoms. The Kier molecular flexibility index (Phi) is 57.2. The summed E-state index contributed by atoms with van der Waals surface area (Å²) in [6, 6.07) is -0.837. The normalized spacial score (nSPS) is 18.6. The van der Waals surface area contributed by atoms with Crippen LogP contribution in [-0.4, -0.2) is 100 Å². The van der Waals surface area contributed by atoms with Gasteiger partial charge >= 0.3 is 5.97 Å². The molecule has 1 amide bonds. The molecule has 0 aromatic carbocycles. The highest BCUT2D eigenvalue weighted by molar-refractivity contribution is 5.76. The lowest BCUT2D eigenvalue weighted by Crippen LogP contribution is -2.60. The third-order valence-electron chi connectivity index (χ3n) is 16.0. The zero-order valence-electron chi connectivity index (χ0n) is 53.4. The SMILES string of the molecule is CCCCC/C=C\CCCCCCCC(=O)OCCCCCCCCCCC/C=C\C/C=C\CCCCCCCCCCCCCCCC(=O)NC(COC1OC(CO)C(O)C(O)C1O)C(O)/C=C/CC/C=C/CC/C=C/CCCCCC. The topological polar surface area (TPSA) is 175 Å². The number of carbonyl (C=O) groups excluding carboxylic acids is 2. The van der Waals surface area contributed by atoms with Crippen LogP contribution in [0.2, 0.25) is 0 Å². The predicted octanol–water partition coefficient (Wildman–Crippen LogP) is 17.5. The first kappa shape index (κ1) is 78.1. The van der Waals surface area contributed by atoms with E-state index in [1.165, 1.54) is 205 Å². The average molecular weight is 1170 g/mol. The molecule has 0 spiro atoms. The van der Waals surface area contributed by atoms with E-state index in [-0.39, 0.29) is 18.5 Å². The number of aliphatic hydroxyl groups is 5. The Morgan fingerprint density at radius 2 is 0.819 bits per heavy atom. The number of hydrogen-bond acceptors (Lipinski definition) is 10. The Hall–Kier alpha value is -2.90. The largest absolute Gasteiger partial charge is 0.466 e. The molecule has 11 heteroatoms. The van der Waals surface area contributed by atoms with Crippen LogP contribution in [-0.2, 0) is 23.8 Å². The molecule has 482 valence electrons. The number of nitrogens with one attached hydrogen (secondary N) is 1. The number of rotatable bonds is 60. The van der Waals surface area contributed by atoms with Gasteiger partial charge in [-0.3, -0.25) is 9.59 Å². The van der Waals surface area contributed by atoms with Gasteiger partial charge in [0.25, 0.3) is 0 Å². The zero-order chi connectivity index (χ0) is 60.2. The second-order valence-corrected chi connectivity index (χ2v) is 23.8. The molecule has 0 aliphatic carbocycles. The summed E-state index contributed by atoms with van der Waals surface area (Å²) in [5.74, 6) is -0.206. The highest BCUT2D eigenvalue weighted by Crippen LogP contribution is 2.23. The van der Waals surface area contributed by atoms with Crippen LogP contribution < -0.4 is 5.32 Å². The van der Waals surface area contributed by atoms with Crippen molar-refractivity contribution in [2.75, 3.05) is 19.8 Å². The highest BCUT2D eigenvalue weighted by Gasteiger charge is 2.44. The zero-order valence-corrected chi connectivity index (χ0v) is 53.4. The van der Waals surface area contributed by atoms with Crippen LogP contribution in [0.5, 0.6) is 0 Å². The van der Waals surface area contributed by atoms with Crippen LogP contribution in [0.15, 0.2) is 72.9 Å². The first-order chi connectivity index (χ1) is 40.7. The maximum Gasteiger partial charge on any atom is 0.305 e. The number of ether oxygens (including phenoxy) is 3. The van der Waals surface area contributed by atoms with Gasteiger partial charge in [0.1, 0.15) is 24.4 Å². The minimum absolute atomic E-state index is 0.00784. The molecule has 1 aliphatic rings. The minimum Gasteiger partial charge on any atom is -0.466 e. The van der Waals surface area contributed by atoms with Crippen molar-refractivity contribution in [2.24, 2.45) is 0 Å². The molecule has 0 saturated carbocycles. The second-order valence-electron chi connectivity index (χ2n) is 23.8. The van der Waals surface area contributed by atoms with Gasteiger partial charge in [0.15, 0.2) is 6.29 Å². The molecule has 7 atom stereocenters. The van der Waals surface area contributed by atoms with Crippen LogP contribution in [0.25, 0.3) is 0 Å². The van der Waals surface area contributed by atoms with Gasteiger partial charge in [-0.15, -0.1) is 0 Å². The summed E-state index contributed by atoms with van der Waals surface area (Å²) >= 11 is 0. The number of esters is 1. The Balaban J connectivity index is 2.02. The number of hydrogen-bond donors (Lipinski definition) is 6. The summed E-state index contributed by atoms with van der Waals surface area (Å²) in [5, 5.41) is 54.5. The molecular formula is C72H129NO10. The number of allylic oxidation sites excluding steroid dienone is 11. The lowest BCUT2D eigenvalue weighted by Gasteiger charge is -2.40. The molecule has 1 fully saturated rings. The first-order valence-corrected chi connectivity index (χ1v) is 34.7. The quantitative estimate of drug-likeness (QED) is 0.0195. The van der Waals surface area contributed by atoms with E-state index in [1.807, 2.05) is 6.08 Å². The Morgan fingerprint density at radius 3 is 1.29 bits per heavy atom. The van der Waals surface area contributed by atoms with Crippen LogP contribution >= 0.6 is 0 Å². The van der Waals surface area contributed by atoms with Gasteiger partial charge in [-0.05, 0) is 116 Å². The molecule has 1 rings (SSSR count). The van der Waals surface area contributed by atoms with E-state index in [1.54, 1.807) is 6.08 Å². The van der Waals surface area contributed by atoms with E-state index >= 15 is 0 Å². The maximum atomic E-state index is 13.1. The monoisotopic (exact) mass is 1170 g/mol. The Bertz CT molecular complexity index is 1610. The fraction of sp³-hybridized carbons (Fsp3) is 0.806. The molecular weight excluding hydrogens is 1040 g/mol. The van der Waals surface area contributed by atoms with E-state index in [0.717, 1.165) is 77.0 Å². The van der Waals surface area contributed by atoms with Gasteiger partial charge in [-0.1, -0.05) is 254 Å². The molecule has 7 unspecified atom stereocenters. The van der Waals surface area contributed by atoms with Crippen molar-refractivity contribution in [1.29, 1.82) is 0 Å². The van der Waals surface area contributed by atoms with Crippen molar-refractivity contribution >= 4 is 11.9 Å². The number of carbonyl (C=O) groups is 2. The van der Waals surface area contributed by atoms with Crippen LogP contribution in [0.4, 0.5) is 0 Å². The fourth-order valence-electron chi connectivity index (χ4n) is 10.5. The van der Waals surface area contributed by atoms with E-state index in [0.29, 0.717) is 19.4 Å². The smallest absolute Gasteiger partial charge is 0.305 e. The van der Waals surface area contributed by atoms with Crippen molar-refractivity contribution in [1.82, 2.24) is 5.32 Å². The average Bonchev–Trinajstić information content (AvgIpc) is 3.69. The Morgan fingerprint density at radius 1 is 0.446 bits per heavy atom. The summed E-state index contributed by atoms with van der Waals surface area (Å²) in [5.41, 5.74) is 0. The van der Waals surface area contributed by atoms with Crippen molar-refractivity contribution < 1.29 is 49.3 Å². The summed E-state index contributed by atoms with van der Waals surface area (Å²) < 4.78 is 16.7. The van der Waals surface area contributed by atoms with Gasteiger partial charge in [0.2, 0.25) is 5.91 Å². The third kappa shape index (κ3) is 49.9. The summed E-state index contributed by atoms with van der Waals surface area (Å²) in [7, 11) is 0. The lowest BCUT2D eigenvalue weighted by atomic mass is 9.99. The van der Waals surface area contributed by atoms with Crippen LogP contribution in [0.3, 0.4) is 0 Å². The van der Waals surface area contributed by atoms with Crippen molar-refractivity contribution in [2.45, 2.75) is 352 Å². The van der Waals surface area contributed by atoms with Crippen molar-refractivity contribution in [3.8, 4) is 0 Å². The molecule has 1 saturated heterocycles. The van der Waals surface area contributed by atoms with Gasteiger partial charge in [-0.25, -0.2) is 0 Å². The fourth-order valence-corrected chi connectivity index (χ4v) is 10.5. The van der Waals surface area contributed by atoms with E-state index in [4.69, 9.17) is 14.2 Å². The number of unbranched alkanes of at least 4 members (excludes halogenated alkanes) is 36. The molecule has 0 aromatic rings. The maximum absolute atomic E-state index is 13.1. The summed E-state index contributed by atoms with van der Waals surface area (Å²) in [6.45, 7) is 4.28. The van der Waals surface area contributed by atoms with Gasteiger partial charge in [0, 0.05) is 12.8 Å². The second kappa shape index (κ2) is 60.8. The van der Waals surface area contributed by atoms with Gasteiger partial charge in [0.05, 0.1) is 32.0 Å². The van der Waals surface area contributed by atoms with E-state index in [9.17, 15) is 35.1 Å². The molecule has 0 bridgehead atoms. The highest BCUT2D eigenvalue weighted by atomic mass is 16.7. The molecule has 0 radical (unpaired) electrons. The molecule has 0 aromatic heterocycles. The van der Waals surface area contributed by atoms with Gasteiger partial charge in [-0.2, -0.15) is 0 Å². The minimum atomic E-state index is -1.58. The molecule has 6 N–H and O–H groups in total. The number of aliphatic hydroxyl groups excluding tert-OH is 5. The van der Waals surface area contributed by atoms with E-state index in [2.05, 4.69) is 79.9 Å². The lowest BCUT2D eigenvalue weighted by molar-refractivity contribution is -0.302. The third-order valence-corrected chi connectivity index (χ3v) is 16.0. The standard InChI is InChI=1S/C72H129NO10/c1-3-5-7-9-11-13-15-17-35-38-42-46-50-54-58-65(75)64(63-82-72-71(80)70(79)69(78)66(62-74)83-72)73-67(76)59-55-51-47-43-39-36-33-31-29-27-25-23-21-19-18-20-22-24-26-28-30-32-34-37-41-45-49-53-57-61-81-68(77)60-56-52-48-44-40-16-14-12-10-8-6-4-2/h12-15,18,20,24,26,38,42,54,58,64-66,69-72,74-75,78-80H,3-11,16-17,19,21-23,25,27-37,39-41,43-53,55-57,59-63H2,1-2H3,(H,73,76)/b14-12-,15-13+,20-18-,26-24-,42-38+,58-54+. The van der Waals surface area contributed by atoms with Crippen LogP contribution in [0.1, 0.15) is 309 Å². The van der Waals surface area contributed by atoms with Crippen LogP contribution in [0, 0.1) is 0 Å².